The van der Waals surface area contributed by atoms with Crippen molar-refractivity contribution < 1.29 is 9.59 Å². The average molecular weight is 355 g/mol. The summed E-state index contributed by atoms with van der Waals surface area (Å²) in [5, 5.41) is 10.0. The van der Waals surface area contributed by atoms with Gasteiger partial charge in [-0.15, -0.1) is 0 Å². The first-order valence-electron chi connectivity index (χ1n) is 8.96. The Hall–Kier alpha value is -2.83. The zero-order chi connectivity index (χ0) is 18.7. The minimum atomic E-state index is -0.262. The first-order valence-corrected chi connectivity index (χ1v) is 8.96. The van der Waals surface area contributed by atoms with E-state index in [1.54, 1.807) is 10.9 Å². The number of nitrogens with one attached hydrogen (secondary N) is 2. The molecule has 2 aromatic rings. The Morgan fingerprint density at radius 3 is 2.73 bits per heavy atom. The van der Waals surface area contributed by atoms with Gasteiger partial charge in [0.15, 0.2) is 0 Å². The van der Waals surface area contributed by atoms with Gasteiger partial charge >= 0.3 is 6.03 Å². The molecule has 0 radical (unpaired) electrons. The highest BCUT2D eigenvalue weighted by molar-refractivity contribution is 5.96. The number of amides is 3. The van der Waals surface area contributed by atoms with Gasteiger partial charge in [-0.2, -0.15) is 5.10 Å². The number of aromatic nitrogens is 2. The molecule has 1 atom stereocenters. The standard InChI is InChI=1S/C19H25N5O2/c1-4-15(17-9-10-20-23(17)3)22-19(26)21-14-7-8-16(13(2)12-14)24-11-5-6-18(24)25/h7-10,12,15H,4-6,11H2,1-3H3,(H2,21,22,26). The van der Waals surface area contributed by atoms with Crippen LogP contribution in [0.15, 0.2) is 30.5 Å². The van der Waals surface area contributed by atoms with Crippen molar-refractivity contribution in [3.63, 3.8) is 0 Å². The maximum atomic E-state index is 12.4. The molecule has 0 bridgehead atoms. The molecule has 0 saturated carbocycles. The Kier molecular flexibility index (Phi) is 5.25. The molecule has 1 saturated heterocycles. The summed E-state index contributed by atoms with van der Waals surface area (Å²) >= 11 is 0. The summed E-state index contributed by atoms with van der Waals surface area (Å²) in [4.78, 5) is 26.1. The summed E-state index contributed by atoms with van der Waals surface area (Å²) in [6.45, 7) is 4.73. The fourth-order valence-electron chi connectivity index (χ4n) is 3.38. The number of hydrogen-bond donors (Lipinski definition) is 2. The van der Waals surface area contributed by atoms with Crippen molar-refractivity contribution in [2.45, 2.75) is 39.2 Å². The largest absolute Gasteiger partial charge is 0.330 e. The third kappa shape index (κ3) is 3.71. The van der Waals surface area contributed by atoms with Crippen LogP contribution in [0, 0.1) is 6.92 Å². The molecule has 0 spiro atoms. The van der Waals surface area contributed by atoms with Crippen molar-refractivity contribution >= 4 is 23.3 Å². The van der Waals surface area contributed by atoms with Gasteiger partial charge in [-0.25, -0.2) is 4.79 Å². The molecule has 1 unspecified atom stereocenters. The molecule has 2 N–H and O–H groups in total. The molecule has 1 aliphatic heterocycles. The lowest BCUT2D eigenvalue weighted by molar-refractivity contribution is -0.117. The van der Waals surface area contributed by atoms with Crippen LogP contribution in [-0.2, 0) is 11.8 Å². The van der Waals surface area contributed by atoms with E-state index in [2.05, 4.69) is 15.7 Å². The number of urea groups is 1. The highest BCUT2D eigenvalue weighted by atomic mass is 16.2. The van der Waals surface area contributed by atoms with E-state index in [9.17, 15) is 9.59 Å². The molecule has 3 rings (SSSR count). The highest BCUT2D eigenvalue weighted by Gasteiger charge is 2.23. The van der Waals surface area contributed by atoms with Gasteiger partial charge in [0, 0.05) is 37.6 Å². The molecule has 7 nitrogen and oxygen atoms in total. The van der Waals surface area contributed by atoms with Crippen molar-refractivity contribution in [3.8, 4) is 0 Å². The summed E-state index contributed by atoms with van der Waals surface area (Å²) in [5.74, 6) is 0.161. The van der Waals surface area contributed by atoms with E-state index in [0.717, 1.165) is 36.3 Å². The summed E-state index contributed by atoms with van der Waals surface area (Å²) in [6, 6.07) is 7.16. The van der Waals surface area contributed by atoms with Gasteiger partial charge in [0.25, 0.3) is 0 Å². The Balaban J connectivity index is 1.66. The Labute approximate surface area is 153 Å². The summed E-state index contributed by atoms with van der Waals surface area (Å²) in [7, 11) is 1.86. The molecule has 1 aromatic heterocycles. The predicted molar refractivity (Wildman–Crippen MR) is 101 cm³/mol. The van der Waals surface area contributed by atoms with Crippen LogP contribution in [0.1, 0.15) is 43.5 Å². The molecular formula is C19H25N5O2. The van der Waals surface area contributed by atoms with Crippen LogP contribution in [-0.4, -0.2) is 28.3 Å². The van der Waals surface area contributed by atoms with Gasteiger partial charge in [0.05, 0.1) is 11.7 Å². The van der Waals surface area contributed by atoms with E-state index < -0.39 is 0 Å². The third-order valence-corrected chi connectivity index (χ3v) is 4.75. The van der Waals surface area contributed by atoms with Gasteiger partial charge in [-0.3, -0.25) is 9.48 Å². The summed E-state index contributed by atoms with van der Waals surface area (Å²) in [6.07, 6.45) is 3.99. The summed E-state index contributed by atoms with van der Waals surface area (Å²) in [5.41, 5.74) is 3.55. The predicted octanol–water partition coefficient (Wildman–Crippen LogP) is 3.13. The number of carbonyl (C=O) groups is 2. The van der Waals surface area contributed by atoms with E-state index in [1.807, 2.05) is 50.1 Å². The molecule has 26 heavy (non-hydrogen) atoms. The number of nitrogens with zero attached hydrogens (tertiary/aromatic N) is 3. The van der Waals surface area contributed by atoms with E-state index in [-0.39, 0.29) is 18.0 Å². The van der Waals surface area contributed by atoms with Gasteiger partial charge in [-0.1, -0.05) is 6.92 Å². The smallest absolute Gasteiger partial charge is 0.319 e. The number of benzene rings is 1. The zero-order valence-electron chi connectivity index (χ0n) is 15.5. The fourth-order valence-corrected chi connectivity index (χ4v) is 3.38. The highest BCUT2D eigenvalue weighted by Crippen LogP contribution is 2.27. The lowest BCUT2D eigenvalue weighted by Crippen LogP contribution is -2.33. The van der Waals surface area contributed by atoms with Crippen LogP contribution in [0.2, 0.25) is 0 Å². The molecule has 3 amide bonds. The molecule has 2 heterocycles. The van der Waals surface area contributed by atoms with E-state index in [1.165, 1.54) is 0 Å². The Morgan fingerprint density at radius 1 is 1.35 bits per heavy atom. The summed E-state index contributed by atoms with van der Waals surface area (Å²) < 4.78 is 1.76. The van der Waals surface area contributed by atoms with Gasteiger partial charge < -0.3 is 15.5 Å². The normalized spacial score (nSPS) is 15.2. The van der Waals surface area contributed by atoms with Gasteiger partial charge in [0.2, 0.25) is 5.91 Å². The Morgan fingerprint density at radius 2 is 2.15 bits per heavy atom. The van der Waals surface area contributed by atoms with E-state index in [4.69, 9.17) is 0 Å². The third-order valence-electron chi connectivity index (χ3n) is 4.75. The first kappa shape index (κ1) is 18.0. The minimum Gasteiger partial charge on any atom is -0.330 e. The second-order valence-corrected chi connectivity index (χ2v) is 6.59. The topological polar surface area (TPSA) is 79.3 Å². The SMILES string of the molecule is CCC(NC(=O)Nc1ccc(N2CCCC2=O)c(C)c1)c1ccnn1C. The number of carbonyl (C=O) groups excluding carboxylic acids is 2. The zero-order valence-corrected chi connectivity index (χ0v) is 15.5. The van der Waals surface area contributed by atoms with Gasteiger partial charge in [0.1, 0.15) is 0 Å². The van der Waals surface area contributed by atoms with Crippen LogP contribution in [0.5, 0.6) is 0 Å². The minimum absolute atomic E-state index is 0.106. The maximum Gasteiger partial charge on any atom is 0.319 e. The molecule has 7 heteroatoms. The molecule has 0 aliphatic carbocycles. The fraction of sp³-hybridized carbons (Fsp3) is 0.421. The molecule has 1 aliphatic rings. The number of hydrogen-bond acceptors (Lipinski definition) is 3. The van der Waals surface area contributed by atoms with Crippen LogP contribution in [0.3, 0.4) is 0 Å². The van der Waals surface area contributed by atoms with Crippen LogP contribution < -0.4 is 15.5 Å². The second kappa shape index (κ2) is 7.59. The van der Waals surface area contributed by atoms with Crippen molar-refractivity contribution in [2.24, 2.45) is 7.05 Å². The van der Waals surface area contributed by atoms with Gasteiger partial charge in [-0.05, 0) is 49.6 Å². The van der Waals surface area contributed by atoms with E-state index in [0.29, 0.717) is 12.1 Å². The molecular weight excluding hydrogens is 330 g/mol. The Bertz CT molecular complexity index is 814. The number of anilines is 2. The van der Waals surface area contributed by atoms with Crippen LogP contribution >= 0.6 is 0 Å². The lowest BCUT2D eigenvalue weighted by atomic mass is 10.1. The van der Waals surface area contributed by atoms with Crippen molar-refractivity contribution in [2.75, 3.05) is 16.8 Å². The van der Waals surface area contributed by atoms with Crippen molar-refractivity contribution in [1.82, 2.24) is 15.1 Å². The van der Waals surface area contributed by atoms with Crippen molar-refractivity contribution in [1.29, 1.82) is 0 Å². The van der Waals surface area contributed by atoms with Crippen LogP contribution in [0.4, 0.5) is 16.2 Å². The quantitative estimate of drug-likeness (QED) is 0.865. The van der Waals surface area contributed by atoms with Crippen LogP contribution in [0.25, 0.3) is 0 Å². The first-order chi connectivity index (χ1) is 12.5. The monoisotopic (exact) mass is 355 g/mol. The average Bonchev–Trinajstić information content (AvgIpc) is 3.21. The molecule has 138 valence electrons. The lowest BCUT2D eigenvalue weighted by Gasteiger charge is -2.20. The molecule has 1 aromatic carbocycles. The van der Waals surface area contributed by atoms with Crippen molar-refractivity contribution in [3.05, 3.63) is 41.7 Å². The number of rotatable bonds is 5. The molecule has 1 fully saturated rings. The maximum absolute atomic E-state index is 12.4. The number of aryl methyl sites for hydroxylation is 2. The van der Waals surface area contributed by atoms with E-state index >= 15 is 0 Å². The second-order valence-electron chi connectivity index (χ2n) is 6.59.